The number of carbonyl (C=O) groups is 1. The molecular formula is C22H23NO6S. The number of methoxy groups -OCH3 is 2. The summed E-state index contributed by atoms with van der Waals surface area (Å²) < 4.78 is 43.6. The summed E-state index contributed by atoms with van der Waals surface area (Å²) in [6, 6.07) is 11.5. The van der Waals surface area contributed by atoms with Gasteiger partial charge in [0.2, 0.25) is 0 Å². The molecule has 2 aromatic carbocycles. The molecule has 0 amide bonds. The zero-order valence-electron chi connectivity index (χ0n) is 17.0. The van der Waals surface area contributed by atoms with Crippen LogP contribution in [0.3, 0.4) is 0 Å². The average Bonchev–Trinajstić information content (AvgIpc) is 3.46. The van der Waals surface area contributed by atoms with E-state index in [1.165, 1.54) is 23.2 Å². The maximum absolute atomic E-state index is 13.4. The van der Waals surface area contributed by atoms with Crippen LogP contribution in [0.4, 0.5) is 0 Å². The molecule has 0 spiro atoms. The Labute approximate surface area is 175 Å². The molecule has 1 saturated carbocycles. The van der Waals surface area contributed by atoms with E-state index in [0.29, 0.717) is 30.0 Å². The number of hydrogen-bond acceptors (Lipinski definition) is 6. The average molecular weight is 429 g/mol. The molecule has 0 unspecified atom stereocenters. The minimum Gasteiger partial charge on any atom is -0.497 e. The van der Waals surface area contributed by atoms with E-state index in [1.807, 2.05) is 6.07 Å². The van der Waals surface area contributed by atoms with Crippen molar-refractivity contribution in [1.29, 1.82) is 0 Å². The van der Waals surface area contributed by atoms with Gasteiger partial charge in [0.05, 0.1) is 37.2 Å². The van der Waals surface area contributed by atoms with Crippen molar-refractivity contribution in [2.45, 2.75) is 24.2 Å². The fourth-order valence-corrected chi connectivity index (χ4v) is 5.11. The normalized spacial score (nSPS) is 18.2. The molecule has 3 aromatic rings. The van der Waals surface area contributed by atoms with E-state index in [-0.39, 0.29) is 22.7 Å². The highest BCUT2D eigenvalue weighted by atomic mass is 32.2. The van der Waals surface area contributed by atoms with Gasteiger partial charge in [0, 0.05) is 17.5 Å². The summed E-state index contributed by atoms with van der Waals surface area (Å²) in [5.41, 5.74) is 1.34. The van der Waals surface area contributed by atoms with E-state index in [2.05, 4.69) is 0 Å². The van der Waals surface area contributed by atoms with Crippen LogP contribution in [0, 0.1) is 5.92 Å². The summed E-state index contributed by atoms with van der Waals surface area (Å²) in [6.45, 7) is 2.09. The van der Waals surface area contributed by atoms with E-state index in [9.17, 15) is 13.2 Å². The van der Waals surface area contributed by atoms with Crippen molar-refractivity contribution in [3.8, 4) is 11.5 Å². The molecule has 0 aliphatic heterocycles. The van der Waals surface area contributed by atoms with E-state index < -0.39 is 10.0 Å². The predicted octanol–water partition coefficient (Wildman–Crippen LogP) is 3.56. The molecule has 7 nitrogen and oxygen atoms in total. The smallest absolute Gasteiger partial charge is 0.309 e. The number of ether oxygens (including phenoxy) is 3. The first-order valence-corrected chi connectivity index (χ1v) is 11.1. The van der Waals surface area contributed by atoms with Gasteiger partial charge in [-0.1, -0.05) is 0 Å². The Morgan fingerprint density at radius 3 is 2.37 bits per heavy atom. The summed E-state index contributed by atoms with van der Waals surface area (Å²) in [7, 11) is -0.753. The predicted molar refractivity (Wildman–Crippen MR) is 112 cm³/mol. The Bertz CT molecular complexity index is 1200. The maximum atomic E-state index is 13.4. The van der Waals surface area contributed by atoms with Gasteiger partial charge in [-0.05, 0) is 61.4 Å². The maximum Gasteiger partial charge on any atom is 0.309 e. The largest absolute Gasteiger partial charge is 0.497 e. The number of nitrogens with zero attached hydrogens (tertiary/aromatic N) is 1. The fraction of sp³-hybridized carbons (Fsp3) is 0.318. The van der Waals surface area contributed by atoms with Gasteiger partial charge in [-0.2, -0.15) is 0 Å². The van der Waals surface area contributed by atoms with E-state index >= 15 is 0 Å². The van der Waals surface area contributed by atoms with Crippen molar-refractivity contribution in [1.82, 2.24) is 3.97 Å². The van der Waals surface area contributed by atoms with Crippen LogP contribution in [-0.4, -0.2) is 39.2 Å². The van der Waals surface area contributed by atoms with Crippen LogP contribution in [0.5, 0.6) is 11.5 Å². The molecule has 8 heteroatoms. The number of esters is 1. The highest BCUT2D eigenvalue weighted by Gasteiger charge is 2.46. The molecule has 2 atom stereocenters. The third-order valence-corrected chi connectivity index (χ3v) is 7.09. The quantitative estimate of drug-likeness (QED) is 0.534. The summed E-state index contributed by atoms with van der Waals surface area (Å²) in [5, 5.41) is 0.753. The Morgan fingerprint density at radius 1 is 1.07 bits per heavy atom. The highest BCUT2D eigenvalue weighted by Crippen LogP contribution is 2.51. The molecule has 1 aromatic heterocycles. The minimum absolute atomic E-state index is 0.0778. The van der Waals surface area contributed by atoms with Gasteiger partial charge >= 0.3 is 5.97 Å². The van der Waals surface area contributed by atoms with Crippen molar-refractivity contribution in [2.24, 2.45) is 5.92 Å². The lowest BCUT2D eigenvalue weighted by atomic mass is 10.1. The number of benzene rings is 2. The van der Waals surface area contributed by atoms with Gasteiger partial charge in [0.15, 0.2) is 0 Å². The van der Waals surface area contributed by atoms with Crippen LogP contribution >= 0.6 is 0 Å². The monoisotopic (exact) mass is 429 g/mol. The number of rotatable bonds is 7. The summed E-state index contributed by atoms with van der Waals surface area (Å²) in [5.74, 6) is 0.623. The first-order chi connectivity index (χ1) is 14.4. The highest BCUT2D eigenvalue weighted by molar-refractivity contribution is 7.90. The lowest BCUT2D eigenvalue weighted by molar-refractivity contribution is -0.144. The van der Waals surface area contributed by atoms with Crippen LogP contribution < -0.4 is 9.47 Å². The third kappa shape index (κ3) is 3.41. The van der Waals surface area contributed by atoms with Gasteiger partial charge in [-0.25, -0.2) is 12.4 Å². The second-order valence-electron chi connectivity index (χ2n) is 7.14. The second kappa shape index (κ2) is 7.68. The molecule has 30 heavy (non-hydrogen) atoms. The van der Waals surface area contributed by atoms with Crippen molar-refractivity contribution in [3.05, 3.63) is 54.2 Å². The van der Waals surface area contributed by atoms with Gasteiger partial charge in [0.1, 0.15) is 11.5 Å². The van der Waals surface area contributed by atoms with Gasteiger partial charge in [-0.15, -0.1) is 0 Å². The van der Waals surface area contributed by atoms with Gasteiger partial charge in [-0.3, -0.25) is 4.79 Å². The van der Waals surface area contributed by atoms with Crippen molar-refractivity contribution in [3.63, 3.8) is 0 Å². The molecule has 4 rings (SSSR count). The van der Waals surface area contributed by atoms with Crippen molar-refractivity contribution in [2.75, 3.05) is 20.8 Å². The fourth-order valence-electron chi connectivity index (χ4n) is 3.74. The number of carbonyl (C=O) groups excluding carboxylic acids is 1. The van der Waals surface area contributed by atoms with Crippen LogP contribution in [0.15, 0.2) is 53.6 Å². The van der Waals surface area contributed by atoms with Crippen LogP contribution in [0.25, 0.3) is 10.9 Å². The number of hydrogen-bond donors (Lipinski definition) is 0. The van der Waals surface area contributed by atoms with Crippen LogP contribution in [0.1, 0.15) is 24.8 Å². The van der Waals surface area contributed by atoms with Crippen molar-refractivity contribution >= 4 is 26.9 Å². The molecule has 0 bridgehead atoms. The van der Waals surface area contributed by atoms with Crippen LogP contribution in [0.2, 0.25) is 0 Å². The molecule has 0 saturated heterocycles. The van der Waals surface area contributed by atoms with Gasteiger partial charge in [0.25, 0.3) is 10.0 Å². The summed E-state index contributed by atoms with van der Waals surface area (Å²) >= 11 is 0. The molecule has 1 aliphatic carbocycles. The topological polar surface area (TPSA) is 83.8 Å². The Morgan fingerprint density at radius 2 is 1.73 bits per heavy atom. The first-order valence-electron chi connectivity index (χ1n) is 9.66. The zero-order chi connectivity index (χ0) is 21.5. The van der Waals surface area contributed by atoms with E-state index in [0.717, 1.165) is 10.9 Å². The van der Waals surface area contributed by atoms with E-state index in [1.54, 1.807) is 44.5 Å². The SMILES string of the molecule is CCOC(=O)[C@H]1C[C@@H]1c1cn(S(=O)(=O)c2ccc(OC)cc2)c2ccc(OC)cc12. The molecule has 158 valence electrons. The van der Waals surface area contributed by atoms with E-state index in [4.69, 9.17) is 14.2 Å². The van der Waals surface area contributed by atoms with Crippen LogP contribution in [-0.2, 0) is 19.6 Å². The van der Waals surface area contributed by atoms with Gasteiger partial charge < -0.3 is 14.2 Å². The Balaban J connectivity index is 1.82. The summed E-state index contributed by atoms with van der Waals surface area (Å²) in [6.07, 6.45) is 2.26. The zero-order valence-corrected chi connectivity index (χ0v) is 17.8. The lowest BCUT2D eigenvalue weighted by Gasteiger charge is -2.09. The number of fused-ring (bicyclic) bond motifs is 1. The lowest BCUT2D eigenvalue weighted by Crippen LogP contribution is -2.12. The molecule has 1 fully saturated rings. The summed E-state index contributed by atoms with van der Waals surface area (Å²) in [4.78, 5) is 12.3. The first kappa shape index (κ1) is 20.3. The molecular weight excluding hydrogens is 406 g/mol. The molecule has 1 aliphatic rings. The molecule has 1 heterocycles. The number of aromatic nitrogens is 1. The Hall–Kier alpha value is -3.00. The minimum atomic E-state index is -3.84. The molecule has 0 N–H and O–H groups in total. The standard InChI is InChI=1S/C22H23NO6S/c1-4-29-22(24)19-12-17(19)20-13-23(21-10-7-15(28-3)11-18(20)21)30(25,26)16-8-5-14(27-2)6-9-16/h5-11,13,17,19H,4,12H2,1-3H3/t17-,19-/m0/s1. The Kier molecular flexibility index (Phi) is 5.19. The van der Waals surface area contributed by atoms with Crippen molar-refractivity contribution < 1.29 is 27.4 Å². The molecule has 0 radical (unpaired) electrons. The third-order valence-electron chi connectivity index (χ3n) is 5.40. The second-order valence-corrected chi connectivity index (χ2v) is 8.96.